The summed E-state index contributed by atoms with van der Waals surface area (Å²) in [6, 6.07) is 15.1. The predicted octanol–water partition coefficient (Wildman–Crippen LogP) is 4.77. The summed E-state index contributed by atoms with van der Waals surface area (Å²) >= 11 is 0. The first-order chi connectivity index (χ1) is 12.6. The second-order valence-electron chi connectivity index (χ2n) is 7.66. The Labute approximate surface area is 164 Å². The van der Waals surface area contributed by atoms with Gasteiger partial charge in [-0.25, -0.2) is 0 Å². The molecule has 0 N–H and O–H groups in total. The Kier molecular flexibility index (Phi) is 6.47. The highest BCUT2D eigenvalue weighted by Gasteiger charge is 2.23. The smallest absolute Gasteiger partial charge is 0.284 e. The first-order valence-corrected chi connectivity index (χ1v) is 10.8. The van der Waals surface area contributed by atoms with Gasteiger partial charge in [0.15, 0.2) is 0 Å². The van der Waals surface area contributed by atoms with Gasteiger partial charge in [0.2, 0.25) is 0 Å². The molecular weight excluding hydrogens is 356 g/mol. The van der Waals surface area contributed by atoms with Crippen molar-refractivity contribution >= 4 is 15.9 Å². The number of benzene rings is 2. The van der Waals surface area contributed by atoms with Gasteiger partial charge in [0.1, 0.15) is 5.84 Å². The zero-order chi connectivity index (χ0) is 20.2. The minimum absolute atomic E-state index is 0.136. The third kappa shape index (κ3) is 4.98. The molecule has 2 aromatic carbocycles. The van der Waals surface area contributed by atoms with Crippen molar-refractivity contribution in [1.82, 2.24) is 4.90 Å². The van der Waals surface area contributed by atoms with Crippen LogP contribution in [0.5, 0.6) is 0 Å². The molecule has 0 spiro atoms. The molecule has 0 bridgehead atoms. The van der Waals surface area contributed by atoms with E-state index in [0.29, 0.717) is 24.5 Å². The number of rotatable bonds is 5. The average Bonchev–Trinajstić information content (AvgIpc) is 2.61. The highest BCUT2D eigenvalue weighted by Crippen LogP contribution is 2.28. The molecule has 0 amide bonds. The largest absolute Gasteiger partial charge is 0.356 e. The van der Waals surface area contributed by atoms with Crippen LogP contribution in [0.15, 0.2) is 57.8 Å². The fourth-order valence-electron chi connectivity index (χ4n) is 2.91. The van der Waals surface area contributed by atoms with Crippen molar-refractivity contribution in [2.75, 3.05) is 13.1 Å². The molecule has 0 aliphatic heterocycles. The summed E-state index contributed by atoms with van der Waals surface area (Å²) in [5, 5.41) is 0. The van der Waals surface area contributed by atoms with Gasteiger partial charge in [-0.2, -0.15) is 8.42 Å². The number of aryl methyl sites for hydroxylation is 1. The Morgan fingerprint density at radius 1 is 1.00 bits per heavy atom. The Hall–Kier alpha value is -2.14. The van der Waals surface area contributed by atoms with E-state index in [1.54, 1.807) is 6.07 Å². The summed E-state index contributed by atoms with van der Waals surface area (Å²) in [6.45, 7) is 13.4. The normalized spacial score (nSPS) is 12.9. The van der Waals surface area contributed by atoms with Gasteiger partial charge in [-0.15, -0.1) is 4.40 Å². The number of amidine groups is 1. The first-order valence-electron chi connectivity index (χ1n) is 9.36. The molecule has 0 aliphatic rings. The summed E-state index contributed by atoms with van der Waals surface area (Å²) in [5.41, 5.74) is 2.35. The van der Waals surface area contributed by atoms with E-state index in [-0.39, 0.29) is 10.3 Å². The zero-order valence-electron chi connectivity index (χ0n) is 17.2. The van der Waals surface area contributed by atoms with E-state index in [0.717, 1.165) is 11.1 Å². The molecule has 4 nitrogen and oxygen atoms in total. The van der Waals surface area contributed by atoms with Crippen LogP contribution in [0.25, 0.3) is 0 Å². The van der Waals surface area contributed by atoms with Gasteiger partial charge in [0.05, 0.1) is 4.90 Å². The van der Waals surface area contributed by atoms with Crippen molar-refractivity contribution in [2.24, 2.45) is 4.40 Å². The van der Waals surface area contributed by atoms with Crippen molar-refractivity contribution in [2.45, 2.75) is 51.9 Å². The molecule has 0 radical (unpaired) electrons. The molecule has 0 unspecified atom stereocenters. The lowest BCUT2D eigenvalue weighted by molar-refractivity contribution is 0.467. The molecule has 0 aliphatic carbocycles. The second kappa shape index (κ2) is 8.26. The highest BCUT2D eigenvalue weighted by atomic mass is 32.2. The minimum Gasteiger partial charge on any atom is -0.356 e. The Morgan fingerprint density at radius 2 is 1.59 bits per heavy atom. The fourth-order valence-corrected chi connectivity index (χ4v) is 4.21. The van der Waals surface area contributed by atoms with E-state index in [4.69, 9.17) is 0 Å². The number of hydrogen-bond acceptors (Lipinski definition) is 2. The zero-order valence-corrected chi connectivity index (χ0v) is 18.0. The quantitative estimate of drug-likeness (QED) is 0.549. The van der Waals surface area contributed by atoms with Gasteiger partial charge >= 0.3 is 0 Å². The molecule has 0 aromatic heterocycles. The predicted molar refractivity (Wildman–Crippen MR) is 113 cm³/mol. The van der Waals surface area contributed by atoms with Gasteiger partial charge < -0.3 is 4.90 Å². The second-order valence-corrected chi connectivity index (χ2v) is 9.23. The standard InChI is InChI=1S/C22H30N2O2S/c1-7-24(8-2)21(18-12-10-9-11-13-18)23-27(25,26)20-16-19(22(4,5)6)15-14-17(20)3/h9-16H,7-8H2,1-6H3/b23-21-. The highest BCUT2D eigenvalue weighted by molar-refractivity contribution is 7.90. The number of nitrogens with zero attached hydrogens (tertiary/aromatic N) is 2. The third-order valence-corrected chi connectivity index (χ3v) is 6.04. The Balaban J connectivity index is 2.65. The lowest BCUT2D eigenvalue weighted by Gasteiger charge is -2.23. The van der Waals surface area contributed by atoms with Gasteiger partial charge in [0.25, 0.3) is 10.0 Å². The maximum absolute atomic E-state index is 13.2. The molecule has 2 aromatic rings. The van der Waals surface area contributed by atoms with Gasteiger partial charge in [-0.05, 0) is 43.4 Å². The van der Waals surface area contributed by atoms with Crippen molar-refractivity contribution in [3.63, 3.8) is 0 Å². The van der Waals surface area contributed by atoms with Gasteiger partial charge in [0, 0.05) is 18.7 Å². The van der Waals surface area contributed by atoms with E-state index < -0.39 is 10.0 Å². The Morgan fingerprint density at radius 3 is 2.11 bits per heavy atom. The van der Waals surface area contributed by atoms with Crippen LogP contribution in [-0.4, -0.2) is 32.2 Å². The molecule has 0 atom stereocenters. The van der Waals surface area contributed by atoms with Crippen LogP contribution in [-0.2, 0) is 15.4 Å². The van der Waals surface area contributed by atoms with Crippen LogP contribution >= 0.6 is 0 Å². The third-order valence-electron chi connectivity index (χ3n) is 4.63. The van der Waals surface area contributed by atoms with E-state index in [9.17, 15) is 8.42 Å². The van der Waals surface area contributed by atoms with Crippen LogP contribution in [0.1, 0.15) is 51.3 Å². The fraction of sp³-hybridized carbons (Fsp3) is 0.409. The molecule has 146 valence electrons. The molecule has 5 heteroatoms. The summed E-state index contributed by atoms with van der Waals surface area (Å²) in [6.07, 6.45) is 0. The summed E-state index contributed by atoms with van der Waals surface area (Å²) in [4.78, 5) is 2.24. The molecule has 27 heavy (non-hydrogen) atoms. The van der Waals surface area contributed by atoms with Crippen molar-refractivity contribution in [3.05, 3.63) is 65.2 Å². The molecular formula is C22H30N2O2S. The van der Waals surface area contributed by atoms with Crippen molar-refractivity contribution < 1.29 is 8.42 Å². The molecule has 0 heterocycles. The molecule has 0 saturated carbocycles. The lowest BCUT2D eigenvalue weighted by atomic mass is 9.87. The van der Waals surface area contributed by atoms with E-state index >= 15 is 0 Å². The van der Waals surface area contributed by atoms with Gasteiger partial charge in [-0.1, -0.05) is 63.2 Å². The summed E-state index contributed by atoms with van der Waals surface area (Å²) in [5.74, 6) is 0.487. The number of hydrogen-bond donors (Lipinski definition) is 0. The first kappa shape index (κ1) is 21.2. The van der Waals surface area contributed by atoms with Crippen LogP contribution in [0.2, 0.25) is 0 Å². The Bertz CT molecular complexity index is 907. The van der Waals surface area contributed by atoms with E-state index in [2.05, 4.69) is 25.2 Å². The van der Waals surface area contributed by atoms with Crippen LogP contribution in [0.4, 0.5) is 0 Å². The van der Waals surface area contributed by atoms with E-state index in [1.807, 2.05) is 68.1 Å². The van der Waals surface area contributed by atoms with Gasteiger partial charge in [-0.3, -0.25) is 0 Å². The average molecular weight is 387 g/mol. The summed E-state index contributed by atoms with van der Waals surface area (Å²) in [7, 11) is -3.84. The molecule has 2 rings (SSSR count). The maximum Gasteiger partial charge on any atom is 0.284 e. The monoisotopic (exact) mass is 386 g/mol. The lowest BCUT2D eigenvalue weighted by Crippen LogP contribution is -2.32. The topological polar surface area (TPSA) is 49.7 Å². The van der Waals surface area contributed by atoms with Crippen LogP contribution in [0.3, 0.4) is 0 Å². The summed E-state index contributed by atoms with van der Waals surface area (Å²) < 4.78 is 30.8. The van der Waals surface area contributed by atoms with E-state index in [1.165, 1.54) is 0 Å². The minimum atomic E-state index is -3.84. The van der Waals surface area contributed by atoms with Crippen molar-refractivity contribution in [1.29, 1.82) is 0 Å². The van der Waals surface area contributed by atoms with Crippen molar-refractivity contribution in [3.8, 4) is 0 Å². The van der Waals surface area contributed by atoms with Crippen LogP contribution < -0.4 is 0 Å². The molecule has 0 saturated heterocycles. The SMILES string of the molecule is CCN(CC)/C(=N\S(=O)(=O)c1cc(C(C)(C)C)ccc1C)c1ccccc1. The molecule has 0 fully saturated rings. The van der Waals surface area contributed by atoms with Crippen LogP contribution in [0, 0.1) is 6.92 Å². The number of sulfonamides is 1. The maximum atomic E-state index is 13.2.